The molecule has 1 aliphatic carbocycles. The van der Waals surface area contributed by atoms with Crippen LogP contribution in [0.3, 0.4) is 0 Å². The number of imide groups is 1. The van der Waals surface area contributed by atoms with Crippen LogP contribution in [0.25, 0.3) is 0 Å². The molecule has 2 aliphatic rings. The highest BCUT2D eigenvalue weighted by atomic mass is 32.1. The first-order valence-electron chi connectivity index (χ1n) is 11.6. The Morgan fingerprint density at radius 1 is 1.09 bits per heavy atom. The van der Waals surface area contributed by atoms with Gasteiger partial charge in [0.15, 0.2) is 0 Å². The predicted molar refractivity (Wildman–Crippen MR) is 125 cm³/mol. The van der Waals surface area contributed by atoms with E-state index in [1.54, 1.807) is 20.8 Å². The smallest absolute Gasteiger partial charge is 0.348 e. The second kappa shape index (κ2) is 10.5. The lowest BCUT2D eigenvalue weighted by Crippen LogP contribution is -2.49. The molecule has 4 amide bonds. The second-order valence-corrected chi connectivity index (χ2v) is 9.53. The number of esters is 2. The van der Waals surface area contributed by atoms with Gasteiger partial charge in [-0.15, -0.1) is 11.3 Å². The number of carbonyl (C=O) groups is 5. The number of hydrogen-bond acceptors (Lipinski definition) is 8. The standard InChI is InChI=1S/C23H31N3O7S/c1-5-14-8-10-23(11-9-14)21(30)26(22(31)25-23)12-15(27)24-18-16(19(28)32-6-2)13(4)17(34-18)20(29)33-7-3/h14H,5-12H2,1-4H3,(H,24,27)(H,25,31). The van der Waals surface area contributed by atoms with E-state index in [9.17, 15) is 24.0 Å². The first-order chi connectivity index (χ1) is 16.2. The van der Waals surface area contributed by atoms with Crippen molar-refractivity contribution in [3.8, 4) is 0 Å². The summed E-state index contributed by atoms with van der Waals surface area (Å²) in [5, 5.41) is 5.48. The van der Waals surface area contributed by atoms with Crippen molar-refractivity contribution in [3.63, 3.8) is 0 Å². The van der Waals surface area contributed by atoms with E-state index >= 15 is 0 Å². The van der Waals surface area contributed by atoms with E-state index in [1.165, 1.54) is 0 Å². The van der Waals surface area contributed by atoms with Crippen molar-refractivity contribution >= 4 is 46.1 Å². The van der Waals surface area contributed by atoms with Crippen LogP contribution in [0.5, 0.6) is 0 Å². The molecule has 1 saturated heterocycles. The van der Waals surface area contributed by atoms with E-state index in [2.05, 4.69) is 17.6 Å². The van der Waals surface area contributed by atoms with Gasteiger partial charge in [-0.1, -0.05) is 13.3 Å². The maximum absolute atomic E-state index is 13.1. The molecule has 1 aliphatic heterocycles. The second-order valence-electron chi connectivity index (χ2n) is 8.50. The van der Waals surface area contributed by atoms with Gasteiger partial charge in [0.05, 0.1) is 18.8 Å². The van der Waals surface area contributed by atoms with Crippen molar-refractivity contribution < 1.29 is 33.4 Å². The number of hydrogen-bond donors (Lipinski definition) is 2. The minimum absolute atomic E-state index is 0.0508. The van der Waals surface area contributed by atoms with Gasteiger partial charge >= 0.3 is 18.0 Å². The van der Waals surface area contributed by atoms with Gasteiger partial charge in [0.1, 0.15) is 22.0 Å². The molecule has 3 rings (SSSR count). The van der Waals surface area contributed by atoms with Crippen LogP contribution in [0.4, 0.5) is 9.80 Å². The SMILES string of the molecule is CCOC(=O)c1sc(NC(=O)CN2C(=O)NC3(CCC(CC)CC3)C2=O)c(C(=O)OCC)c1C. The lowest BCUT2D eigenvalue weighted by molar-refractivity contribution is -0.135. The molecule has 0 radical (unpaired) electrons. The molecule has 11 heteroatoms. The lowest BCUT2D eigenvalue weighted by atomic mass is 9.75. The molecule has 1 aromatic rings. The van der Waals surface area contributed by atoms with Crippen molar-refractivity contribution in [2.24, 2.45) is 5.92 Å². The molecule has 1 aromatic heterocycles. The van der Waals surface area contributed by atoms with Crippen LogP contribution in [0.2, 0.25) is 0 Å². The van der Waals surface area contributed by atoms with E-state index in [0.717, 1.165) is 35.5 Å². The van der Waals surface area contributed by atoms with Crippen molar-refractivity contribution in [1.29, 1.82) is 0 Å². The van der Waals surface area contributed by atoms with Gasteiger partial charge in [0, 0.05) is 0 Å². The minimum Gasteiger partial charge on any atom is -0.462 e. The Balaban J connectivity index is 1.77. The fraction of sp³-hybridized carbons (Fsp3) is 0.609. The molecule has 2 heterocycles. The van der Waals surface area contributed by atoms with Gasteiger partial charge < -0.3 is 20.1 Å². The molecule has 0 atom stereocenters. The van der Waals surface area contributed by atoms with Gasteiger partial charge in [-0.2, -0.15) is 0 Å². The van der Waals surface area contributed by atoms with Crippen LogP contribution < -0.4 is 10.6 Å². The first kappa shape index (κ1) is 25.7. The number of anilines is 1. The summed E-state index contributed by atoms with van der Waals surface area (Å²) in [5.41, 5.74) is -0.566. The Labute approximate surface area is 202 Å². The summed E-state index contributed by atoms with van der Waals surface area (Å²) in [6.45, 7) is 6.74. The maximum atomic E-state index is 13.1. The zero-order chi connectivity index (χ0) is 25.0. The summed E-state index contributed by atoms with van der Waals surface area (Å²) in [5.74, 6) is -1.84. The summed E-state index contributed by atoms with van der Waals surface area (Å²) >= 11 is 0.889. The van der Waals surface area contributed by atoms with Crippen LogP contribution in [0.15, 0.2) is 0 Å². The minimum atomic E-state index is -0.949. The lowest BCUT2D eigenvalue weighted by Gasteiger charge is -2.34. The van der Waals surface area contributed by atoms with Crippen LogP contribution in [-0.4, -0.2) is 60.0 Å². The number of carbonyl (C=O) groups excluding carboxylic acids is 5. The van der Waals surface area contributed by atoms with Gasteiger partial charge in [-0.25, -0.2) is 14.4 Å². The molecule has 10 nitrogen and oxygen atoms in total. The first-order valence-corrected chi connectivity index (χ1v) is 12.4. The van der Waals surface area contributed by atoms with E-state index in [4.69, 9.17) is 9.47 Å². The number of nitrogens with one attached hydrogen (secondary N) is 2. The molecule has 0 aromatic carbocycles. The average Bonchev–Trinajstić information content (AvgIpc) is 3.23. The third-order valence-corrected chi connectivity index (χ3v) is 7.61. The number of urea groups is 1. The van der Waals surface area contributed by atoms with Crippen LogP contribution in [0, 0.1) is 12.8 Å². The van der Waals surface area contributed by atoms with Gasteiger partial charge in [-0.3, -0.25) is 14.5 Å². The van der Waals surface area contributed by atoms with Crippen molar-refractivity contribution in [3.05, 3.63) is 16.0 Å². The fourth-order valence-electron chi connectivity index (χ4n) is 4.49. The third-order valence-electron chi connectivity index (χ3n) is 6.42. The van der Waals surface area contributed by atoms with Crippen molar-refractivity contribution in [2.75, 3.05) is 25.1 Å². The Bertz CT molecular complexity index is 995. The number of ether oxygens (including phenoxy) is 2. The third kappa shape index (κ3) is 4.94. The van der Waals surface area contributed by atoms with Gasteiger partial charge in [0.2, 0.25) is 5.91 Å². The van der Waals surface area contributed by atoms with E-state index in [1.807, 2.05) is 0 Å². The zero-order valence-electron chi connectivity index (χ0n) is 19.9. The Kier molecular flexibility index (Phi) is 7.96. The van der Waals surface area contributed by atoms with Crippen LogP contribution in [-0.2, 0) is 19.1 Å². The molecule has 1 spiro atoms. The average molecular weight is 494 g/mol. The molecular weight excluding hydrogens is 462 g/mol. The molecule has 2 N–H and O–H groups in total. The molecule has 186 valence electrons. The summed E-state index contributed by atoms with van der Waals surface area (Å²) in [7, 11) is 0. The number of thiophene rings is 1. The molecule has 34 heavy (non-hydrogen) atoms. The summed E-state index contributed by atoms with van der Waals surface area (Å²) in [4.78, 5) is 64.4. The van der Waals surface area contributed by atoms with E-state index in [-0.39, 0.29) is 28.7 Å². The number of rotatable bonds is 8. The van der Waals surface area contributed by atoms with E-state index < -0.39 is 41.9 Å². The molecule has 0 unspecified atom stereocenters. The van der Waals surface area contributed by atoms with Gasteiger partial charge in [0.25, 0.3) is 5.91 Å². The van der Waals surface area contributed by atoms with Crippen LogP contribution >= 0.6 is 11.3 Å². The largest absolute Gasteiger partial charge is 0.462 e. The van der Waals surface area contributed by atoms with Crippen LogP contribution in [0.1, 0.15) is 78.5 Å². The highest BCUT2D eigenvalue weighted by molar-refractivity contribution is 7.18. The quantitative estimate of drug-likeness (QED) is 0.420. The molecule has 2 fully saturated rings. The summed E-state index contributed by atoms with van der Waals surface area (Å²) < 4.78 is 10.1. The van der Waals surface area contributed by atoms with Crippen molar-refractivity contribution in [1.82, 2.24) is 10.2 Å². The predicted octanol–water partition coefficient (Wildman–Crippen LogP) is 3.24. The normalized spacial score (nSPS) is 22.0. The Morgan fingerprint density at radius 3 is 2.29 bits per heavy atom. The highest BCUT2D eigenvalue weighted by Gasteiger charge is 2.52. The molecule has 0 bridgehead atoms. The summed E-state index contributed by atoms with van der Waals surface area (Å²) in [6, 6.07) is -0.602. The molecule has 1 saturated carbocycles. The number of nitrogens with zero attached hydrogens (tertiary/aromatic N) is 1. The van der Waals surface area contributed by atoms with Crippen molar-refractivity contribution in [2.45, 2.75) is 65.3 Å². The Hall–Kier alpha value is -2.95. The Morgan fingerprint density at radius 2 is 1.71 bits per heavy atom. The summed E-state index contributed by atoms with van der Waals surface area (Å²) in [6.07, 6.45) is 3.82. The highest BCUT2D eigenvalue weighted by Crippen LogP contribution is 2.38. The topological polar surface area (TPSA) is 131 Å². The number of amides is 4. The molecular formula is C23H31N3O7S. The maximum Gasteiger partial charge on any atom is 0.348 e. The van der Waals surface area contributed by atoms with E-state index in [0.29, 0.717) is 24.3 Å². The zero-order valence-corrected chi connectivity index (χ0v) is 20.8. The fourth-order valence-corrected chi connectivity index (χ4v) is 5.59. The van der Waals surface area contributed by atoms with Gasteiger partial charge in [-0.05, 0) is 57.9 Å². The monoisotopic (exact) mass is 493 g/mol.